The normalized spacial score (nSPS) is 11.9. The molecule has 0 atom stereocenters. The van der Waals surface area contributed by atoms with E-state index in [0.717, 1.165) is 18.4 Å². The van der Waals surface area contributed by atoms with Crippen LogP contribution in [0.15, 0.2) is 23.8 Å². The first-order chi connectivity index (χ1) is 4.85. The van der Waals surface area contributed by atoms with Crippen molar-refractivity contribution in [2.45, 2.75) is 26.7 Å². The van der Waals surface area contributed by atoms with Gasteiger partial charge in [-0.3, -0.25) is 0 Å². The second kappa shape index (κ2) is 6.10. The third kappa shape index (κ3) is 3.91. The van der Waals surface area contributed by atoms with Crippen LogP contribution in [0, 0.1) is 11.3 Å². The number of nitriles is 1. The molecule has 1 heteroatoms. The number of nitrogens with zero attached hydrogens (tertiary/aromatic N) is 1. The predicted molar refractivity (Wildman–Crippen MR) is 43.4 cm³/mol. The van der Waals surface area contributed by atoms with Crippen molar-refractivity contribution < 1.29 is 0 Å². The van der Waals surface area contributed by atoms with E-state index in [4.69, 9.17) is 5.26 Å². The van der Waals surface area contributed by atoms with Crippen LogP contribution < -0.4 is 0 Å². The second-order valence-corrected chi connectivity index (χ2v) is 2.05. The van der Waals surface area contributed by atoms with Crippen LogP contribution in [0.5, 0.6) is 0 Å². The molecule has 0 radical (unpaired) electrons. The van der Waals surface area contributed by atoms with Crippen LogP contribution in [-0.4, -0.2) is 0 Å². The summed E-state index contributed by atoms with van der Waals surface area (Å²) < 4.78 is 0. The Morgan fingerprint density at radius 2 is 2.30 bits per heavy atom. The van der Waals surface area contributed by atoms with Crippen LogP contribution in [0.25, 0.3) is 0 Å². The molecule has 0 aliphatic heterocycles. The van der Waals surface area contributed by atoms with Gasteiger partial charge >= 0.3 is 0 Å². The topological polar surface area (TPSA) is 23.8 Å². The van der Waals surface area contributed by atoms with Crippen molar-refractivity contribution in [1.82, 2.24) is 0 Å². The van der Waals surface area contributed by atoms with Crippen molar-refractivity contribution in [3.8, 4) is 6.07 Å². The van der Waals surface area contributed by atoms with Crippen LogP contribution >= 0.6 is 0 Å². The van der Waals surface area contributed by atoms with Gasteiger partial charge < -0.3 is 0 Å². The van der Waals surface area contributed by atoms with Crippen molar-refractivity contribution in [2.24, 2.45) is 0 Å². The fourth-order valence-corrected chi connectivity index (χ4v) is 0.575. The number of rotatable bonds is 3. The van der Waals surface area contributed by atoms with Gasteiger partial charge in [-0.2, -0.15) is 5.26 Å². The predicted octanol–water partition coefficient (Wildman–Crippen LogP) is 2.81. The van der Waals surface area contributed by atoms with Crippen molar-refractivity contribution in [3.63, 3.8) is 0 Å². The van der Waals surface area contributed by atoms with Gasteiger partial charge in [-0.1, -0.05) is 25.5 Å². The molecule has 0 N–H and O–H groups in total. The van der Waals surface area contributed by atoms with Crippen molar-refractivity contribution in [3.05, 3.63) is 23.8 Å². The lowest BCUT2D eigenvalue weighted by Gasteiger charge is -1.84. The van der Waals surface area contributed by atoms with Gasteiger partial charge in [-0.25, -0.2) is 0 Å². The zero-order valence-corrected chi connectivity index (χ0v) is 6.59. The highest BCUT2D eigenvalue weighted by Gasteiger charge is 1.81. The van der Waals surface area contributed by atoms with Crippen LogP contribution in [0.1, 0.15) is 26.7 Å². The average molecular weight is 135 g/mol. The molecule has 0 fully saturated rings. The number of hydrogen-bond donors (Lipinski definition) is 0. The molecule has 0 aliphatic carbocycles. The molecule has 54 valence electrons. The van der Waals surface area contributed by atoms with Crippen LogP contribution in [0.4, 0.5) is 0 Å². The van der Waals surface area contributed by atoms with Crippen LogP contribution in [-0.2, 0) is 0 Å². The maximum Gasteiger partial charge on any atom is 0.0987 e. The Morgan fingerprint density at radius 1 is 1.60 bits per heavy atom. The molecule has 0 heterocycles. The van der Waals surface area contributed by atoms with Gasteiger partial charge in [0.2, 0.25) is 0 Å². The lowest BCUT2D eigenvalue weighted by atomic mass is 10.2. The summed E-state index contributed by atoms with van der Waals surface area (Å²) in [6, 6.07) is 2.08. The molecule has 1 nitrogen and oxygen atoms in total. The van der Waals surface area contributed by atoms with E-state index in [-0.39, 0.29) is 0 Å². The van der Waals surface area contributed by atoms with E-state index in [1.807, 2.05) is 25.2 Å². The molecule has 0 aromatic carbocycles. The van der Waals surface area contributed by atoms with E-state index in [2.05, 4.69) is 13.0 Å². The van der Waals surface area contributed by atoms with Crippen LogP contribution in [0.3, 0.4) is 0 Å². The smallest absolute Gasteiger partial charge is 0.0987 e. The first-order valence-electron chi connectivity index (χ1n) is 3.58. The maximum absolute atomic E-state index is 8.46. The van der Waals surface area contributed by atoms with Crippen molar-refractivity contribution >= 4 is 0 Å². The molecule has 0 aliphatic rings. The summed E-state index contributed by atoms with van der Waals surface area (Å²) >= 11 is 0. The highest BCUT2D eigenvalue weighted by atomic mass is 14.2. The van der Waals surface area contributed by atoms with E-state index >= 15 is 0 Å². The first-order valence-corrected chi connectivity index (χ1v) is 3.58. The van der Waals surface area contributed by atoms with Gasteiger partial charge in [0.05, 0.1) is 6.07 Å². The Balaban J connectivity index is 3.77. The Bertz CT molecular complexity index is 170. The molecular weight excluding hydrogens is 122 g/mol. The number of unbranched alkanes of at least 4 members (excludes halogenated alkanes) is 1. The second-order valence-electron chi connectivity index (χ2n) is 2.05. The fraction of sp³-hybridized carbons (Fsp3) is 0.444. The molecular formula is C9H13N. The Hall–Kier alpha value is -1.03. The fourth-order valence-electron chi connectivity index (χ4n) is 0.575. The lowest BCUT2D eigenvalue weighted by molar-refractivity contribution is 0.958. The minimum absolute atomic E-state index is 0.744. The average Bonchev–Trinajstić information content (AvgIpc) is 1.99. The third-order valence-corrected chi connectivity index (χ3v) is 1.19. The maximum atomic E-state index is 8.46. The minimum Gasteiger partial charge on any atom is -0.192 e. The molecule has 0 aromatic rings. The largest absolute Gasteiger partial charge is 0.192 e. The Labute approximate surface area is 62.7 Å². The van der Waals surface area contributed by atoms with Crippen LogP contribution in [0.2, 0.25) is 0 Å². The van der Waals surface area contributed by atoms with E-state index in [1.165, 1.54) is 0 Å². The van der Waals surface area contributed by atoms with E-state index in [0.29, 0.717) is 0 Å². The summed E-state index contributed by atoms with van der Waals surface area (Å²) in [7, 11) is 0. The molecule has 0 aromatic heterocycles. The molecule has 0 amide bonds. The third-order valence-electron chi connectivity index (χ3n) is 1.19. The van der Waals surface area contributed by atoms with Crippen molar-refractivity contribution in [2.75, 3.05) is 0 Å². The Kier molecular flexibility index (Phi) is 5.47. The molecule has 0 rings (SSSR count). The molecule has 0 saturated heterocycles. The minimum atomic E-state index is 0.744. The quantitative estimate of drug-likeness (QED) is 0.431. The van der Waals surface area contributed by atoms with Gasteiger partial charge in [-0.05, 0) is 19.4 Å². The first kappa shape index (κ1) is 8.97. The monoisotopic (exact) mass is 135 g/mol. The molecule has 10 heavy (non-hydrogen) atoms. The summed E-state index contributed by atoms with van der Waals surface area (Å²) in [6.45, 7) is 3.99. The summed E-state index contributed by atoms with van der Waals surface area (Å²) in [5.41, 5.74) is 0.744. The van der Waals surface area contributed by atoms with E-state index in [9.17, 15) is 0 Å². The number of hydrogen-bond acceptors (Lipinski definition) is 1. The van der Waals surface area contributed by atoms with E-state index in [1.54, 1.807) is 0 Å². The SMILES string of the molecule is C/C=C(C#N)\C=C/CCC. The standard InChI is InChI=1S/C9H13N/c1-3-5-6-7-9(4-2)8-10/h4,6-7H,3,5H2,1-2H3/b7-6-,9-4+. The summed E-state index contributed by atoms with van der Waals surface area (Å²) in [4.78, 5) is 0. The molecule has 0 bridgehead atoms. The van der Waals surface area contributed by atoms with Gasteiger partial charge in [0.25, 0.3) is 0 Å². The zero-order valence-electron chi connectivity index (χ0n) is 6.59. The van der Waals surface area contributed by atoms with Gasteiger partial charge in [0.15, 0.2) is 0 Å². The summed E-state index contributed by atoms with van der Waals surface area (Å²) in [5.74, 6) is 0. The number of allylic oxidation sites excluding steroid dienone is 4. The molecule has 0 saturated carbocycles. The van der Waals surface area contributed by atoms with Gasteiger partial charge in [-0.15, -0.1) is 0 Å². The summed E-state index contributed by atoms with van der Waals surface area (Å²) in [6.07, 6.45) is 7.89. The van der Waals surface area contributed by atoms with E-state index < -0.39 is 0 Å². The highest BCUT2D eigenvalue weighted by Crippen LogP contribution is 1.96. The Morgan fingerprint density at radius 3 is 2.70 bits per heavy atom. The molecule has 0 unspecified atom stereocenters. The highest BCUT2D eigenvalue weighted by molar-refractivity contribution is 5.31. The summed E-state index contributed by atoms with van der Waals surface area (Å²) in [5, 5.41) is 8.46. The van der Waals surface area contributed by atoms with Gasteiger partial charge in [0.1, 0.15) is 0 Å². The van der Waals surface area contributed by atoms with Crippen molar-refractivity contribution in [1.29, 1.82) is 5.26 Å². The lowest BCUT2D eigenvalue weighted by Crippen LogP contribution is -1.68. The molecule has 0 spiro atoms. The van der Waals surface area contributed by atoms with Gasteiger partial charge in [0, 0.05) is 5.57 Å². The zero-order chi connectivity index (χ0) is 7.82.